The van der Waals surface area contributed by atoms with Crippen LogP contribution >= 0.6 is 27.5 Å². The topological polar surface area (TPSA) is 88.1 Å². The van der Waals surface area contributed by atoms with Gasteiger partial charge in [0.1, 0.15) is 5.75 Å². The number of nitrogens with zero attached hydrogens (tertiary/aromatic N) is 2. The zero-order valence-corrected chi connectivity index (χ0v) is 17.7. The van der Waals surface area contributed by atoms with Crippen LogP contribution in [0.15, 0.2) is 56.9 Å². The zero-order valence-electron chi connectivity index (χ0n) is 14.5. The SMILES string of the molecule is COc1ccc(S(=O)(=O)N(C)CC(=O)N/N=C/c2cccc(Br)c2)cc1Cl. The molecule has 0 radical (unpaired) electrons. The second-order valence-corrected chi connectivity index (χ2v) is 8.77. The molecule has 0 fully saturated rings. The Morgan fingerprint density at radius 3 is 2.70 bits per heavy atom. The number of sulfonamides is 1. The molecule has 2 aromatic rings. The summed E-state index contributed by atoms with van der Waals surface area (Å²) in [4.78, 5) is 11.9. The molecule has 0 aliphatic carbocycles. The van der Waals surface area contributed by atoms with Gasteiger partial charge in [-0.3, -0.25) is 4.79 Å². The third kappa shape index (κ3) is 5.77. The summed E-state index contributed by atoms with van der Waals surface area (Å²) in [5.41, 5.74) is 3.07. The van der Waals surface area contributed by atoms with Crippen LogP contribution in [-0.2, 0) is 14.8 Å². The predicted octanol–water partition coefficient (Wildman–Crippen LogP) is 2.88. The molecule has 1 N–H and O–H groups in total. The van der Waals surface area contributed by atoms with E-state index in [0.717, 1.165) is 14.3 Å². The maximum absolute atomic E-state index is 12.6. The lowest BCUT2D eigenvalue weighted by atomic mass is 10.2. The fourth-order valence-corrected chi connectivity index (χ4v) is 3.97. The van der Waals surface area contributed by atoms with E-state index in [0.29, 0.717) is 5.75 Å². The van der Waals surface area contributed by atoms with Crippen LogP contribution in [-0.4, -0.2) is 45.5 Å². The molecule has 2 aromatic carbocycles. The molecule has 10 heteroatoms. The lowest BCUT2D eigenvalue weighted by molar-refractivity contribution is -0.121. The number of nitrogens with one attached hydrogen (secondary N) is 1. The van der Waals surface area contributed by atoms with Gasteiger partial charge in [0, 0.05) is 11.5 Å². The summed E-state index contributed by atoms with van der Waals surface area (Å²) in [6, 6.07) is 11.4. The first kappa shape index (κ1) is 21.4. The van der Waals surface area contributed by atoms with Gasteiger partial charge in [-0.25, -0.2) is 13.8 Å². The number of ether oxygens (including phenoxy) is 1. The van der Waals surface area contributed by atoms with Gasteiger partial charge in [-0.05, 0) is 35.9 Å². The van der Waals surface area contributed by atoms with Crippen molar-refractivity contribution in [2.45, 2.75) is 4.90 Å². The number of rotatable bonds is 7. The molecule has 0 saturated carbocycles. The predicted molar refractivity (Wildman–Crippen MR) is 108 cm³/mol. The maximum Gasteiger partial charge on any atom is 0.255 e. The quantitative estimate of drug-likeness (QED) is 0.494. The van der Waals surface area contributed by atoms with Crippen molar-refractivity contribution in [1.29, 1.82) is 0 Å². The molecule has 0 unspecified atom stereocenters. The van der Waals surface area contributed by atoms with Crippen LogP contribution < -0.4 is 10.2 Å². The van der Waals surface area contributed by atoms with Gasteiger partial charge in [-0.15, -0.1) is 0 Å². The van der Waals surface area contributed by atoms with Crippen molar-refractivity contribution in [3.63, 3.8) is 0 Å². The molecule has 0 aliphatic heterocycles. The standard InChI is InChI=1S/C17H17BrClN3O4S/c1-22(27(24,25)14-6-7-16(26-2)15(19)9-14)11-17(23)21-20-10-12-4-3-5-13(18)8-12/h3-10H,11H2,1-2H3,(H,21,23)/b20-10+. The highest BCUT2D eigenvalue weighted by Gasteiger charge is 2.23. The number of carbonyl (C=O) groups excluding carboxylic acids is 1. The van der Waals surface area contributed by atoms with Crippen LogP contribution in [0.3, 0.4) is 0 Å². The van der Waals surface area contributed by atoms with Crippen molar-refractivity contribution in [3.8, 4) is 5.75 Å². The highest BCUT2D eigenvalue weighted by atomic mass is 79.9. The van der Waals surface area contributed by atoms with E-state index < -0.39 is 22.5 Å². The monoisotopic (exact) mass is 473 g/mol. The molecule has 0 saturated heterocycles. The van der Waals surface area contributed by atoms with Crippen LogP contribution in [0.1, 0.15) is 5.56 Å². The molecule has 0 aromatic heterocycles. The van der Waals surface area contributed by atoms with Crippen LogP contribution in [0.25, 0.3) is 0 Å². The summed E-state index contributed by atoms with van der Waals surface area (Å²) in [5, 5.41) is 3.98. The Kier molecular flexibility index (Phi) is 7.37. The lowest BCUT2D eigenvalue weighted by Crippen LogP contribution is -2.36. The van der Waals surface area contributed by atoms with Crippen LogP contribution in [0.5, 0.6) is 5.75 Å². The Bertz CT molecular complexity index is 966. The molecular weight excluding hydrogens is 458 g/mol. The first-order valence-corrected chi connectivity index (χ1v) is 10.2. The molecular formula is C17H17BrClN3O4S. The number of benzene rings is 2. The lowest BCUT2D eigenvalue weighted by Gasteiger charge is -2.16. The summed E-state index contributed by atoms with van der Waals surface area (Å²) >= 11 is 9.31. The van der Waals surface area contributed by atoms with Crippen LogP contribution in [0, 0.1) is 0 Å². The Balaban J connectivity index is 2.01. The summed E-state index contributed by atoms with van der Waals surface area (Å²) < 4.78 is 31.9. The molecule has 27 heavy (non-hydrogen) atoms. The molecule has 0 bridgehead atoms. The second-order valence-electron chi connectivity index (χ2n) is 5.41. The Morgan fingerprint density at radius 1 is 1.33 bits per heavy atom. The van der Waals surface area contributed by atoms with Gasteiger partial charge in [0.05, 0.1) is 29.8 Å². The first-order chi connectivity index (χ1) is 12.7. The molecule has 0 aliphatic rings. The van der Waals surface area contributed by atoms with Crippen molar-refractivity contribution in [2.24, 2.45) is 5.10 Å². The van der Waals surface area contributed by atoms with Gasteiger partial charge in [0.2, 0.25) is 10.0 Å². The van der Waals surface area contributed by atoms with Crippen molar-refractivity contribution in [2.75, 3.05) is 20.7 Å². The minimum absolute atomic E-state index is 0.0405. The molecule has 0 spiro atoms. The van der Waals surface area contributed by atoms with E-state index in [1.54, 1.807) is 0 Å². The van der Waals surface area contributed by atoms with E-state index in [-0.39, 0.29) is 9.92 Å². The number of hydrogen-bond donors (Lipinski definition) is 1. The van der Waals surface area contributed by atoms with Gasteiger partial charge >= 0.3 is 0 Å². The van der Waals surface area contributed by atoms with Gasteiger partial charge in [0.25, 0.3) is 5.91 Å². The van der Waals surface area contributed by atoms with Crippen molar-refractivity contribution < 1.29 is 17.9 Å². The third-order valence-corrected chi connectivity index (χ3v) is 6.04. The number of amides is 1. The number of hydrazone groups is 1. The van der Waals surface area contributed by atoms with Crippen molar-refractivity contribution in [1.82, 2.24) is 9.73 Å². The number of halogens is 2. The van der Waals surface area contributed by atoms with Crippen LogP contribution in [0.2, 0.25) is 5.02 Å². The van der Waals surface area contributed by atoms with E-state index in [1.165, 1.54) is 38.6 Å². The summed E-state index contributed by atoms with van der Waals surface area (Å²) in [6.07, 6.45) is 1.46. The van der Waals surface area contributed by atoms with Crippen molar-refractivity contribution in [3.05, 3.63) is 57.5 Å². The fraction of sp³-hybridized carbons (Fsp3) is 0.176. The highest BCUT2D eigenvalue weighted by Crippen LogP contribution is 2.28. The Hall–Kier alpha value is -1.94. The summed E-state index contributed by atoms with van der Waals surface area (Å²) in [5.74, 6) is -0.218. The van der Waals surface area contributed by atoms with E-state index in [9.17, 15) is 13.2 Å². The molecule has 1 amide bonds. The molecule has 144 valence electrons. The average Bonchev–Trinajstić information content (AvgIpc) is 2.61. The second kappa shape index (κ2) is 9.32. The molecule has 7 nitrogen and oxygen atoms in total. The van der Waals surface area contributed by atoms with Gasteiger partial charge in [-0.2, -0.15) is 9.41 Å². The van der Waals surface area contributed by atoms with E-state index in [1.807, 2.05) is 24.3 Å². The minimum atomic E-state index is -3.89. The smallest absolute Gasteiger partial charge is 0.255 e. The number of likely N-dealkylation sites (N-methyl/N-ethyl adjacent to an activating group) is 1. The fourth-order valence-electron chi connectivity index (χ4n) is 2.08. The highest BCUT2D eigenvalue weighted by molar-refractivity contribution is 9.10. The van der Waals surface area contributed by atoms with Gasteiger partial charge in [0.15, 0.2) is 0 Å². The van der Waals surface area contributed by atoms with Gasteiger partial charge in [-0.1, -0.05) is 39.7 Å². The first-order valence-electron chi connectivity index (χ1n) is 7.61. The van der Waals surface area contributed by atoms with Gasteiger partial charge < -0.3 is 4.74 Å². The van der Waals surface area contributed by atoms with E-state index in [4.69, 9.17) is 16.3 Å². The zero-order chi connectivity index (χ0) is 20.0. The number of carbonyl (C=O) groups is 1. The van der Waals surface area contributed by atoms with E-state index in [2.05, 4.69) is 26.5 Å². The molecule has 0 heterocycles. The normalized spacial score (nSPS) is 11.7. The number of hydrogen-bond acceptors (Lipinski definition) is 5. The summed E-state index contributed by atoms with van der Waals surface area (Å²) in [6.45, 7) is -0.401. The van der Waals surface area contributed by atoms with Crippen LogP contribution in [0.4, 0.5) is 0 Å². The third-order valence-electron chi connectivity index (χ3n) is 3.45. The number of methoxy groups -OCH3 is 1. The van der Waals surface area contributed by atoms with E-state index >= 15 is 0 Å². The van der Waals surface area contributed by atoms with Crippen molar-refractivity contribution >= 4 is 49.7 Å². The Morgan fingerprint density at radius 2 is 2.07 bits per heavy atom. The maximum atomic E-state index is 12.6. The Labute approximate surface area is 171 Å². The average molecular weight is 475 g/mol. The minimum Gasteiger partial charge on any atom is -0.495 e. The largest absolute Gasteiger partial charge is 0.495 e. The summed E-state index contributed by atoms with van der Waals surface area (Å²) in [7, 11) is -1.16. The molecule has 2 rings (SSSR count). The molecule has 0 atom stereocenters.